The molecule has 1 amide bonds. The maximum Gasteiger partial charge on any atom is 0.326 e. The number of thioether (sulfide) groups is 1. The first-order valence-corrected chi connectivity index (χ1v) is 7.91. The van der Waals surface area contributed by atoms with Crippen molar-refractivity contribution in [3.8, 4) is 5.75 Å². The Hall–Kier alpha value is -1.41. The number of rotatable bonds is 3. The molecule has 0 atom stereocenters. The van der Waals surface area contributed by atoms with Gasteiger partial charge in [0.15, 0.2) is 0 Å². The van der Waals surface area contributed by atoms with Crippen molar-refractivity contribution in [3.63, 3.8) is 0 Å². The van der Waals surface area contributed by atoms with Crippen LogP contribution in [0.15, 0.2) is 18.2 Å². The van der Waals surface area contributed by atoms with Gasteiger partial charge in [-0.2, -0.15) is 20.2 Å². The van der Waals surface area contributed by atoms with Crippen LogP contribution in [-0.2, 0) is 20.8 Å². The Morgan fingerprint density at radius 2 is 2.22 bits per heavy atom. The van der Waals surface area contributed by atoms with E-state index in [-0.39, 0.29) is 18.0 Å². The number of hydrogen-bond acceptors (Lipinski definition) is 5. The predicted octanol–water partition coefficient (Wildman–Crippen LogP) is 0.436. The van der Waals surface area contributed by atoms with E-state index in [0.29, 0.717) is 0 Å². The number of amides is 1. The maximum atomic E-state index is 11.6. The molecule has 6 nitrogen and oxygen atoms in total. The average Bonchev–Trinajstić information content (AvgIpc) is 2.52. The van der Waals surface area contributed by atoms with Crippen molar-refractivity contribution in [3.05, 3.63) is 23.8 Å². The van der Waals surface area contributed by atoms with Crippen molar-refractivity contribution in [2.75, 3.05) is 17.1 Å². The summed E-state index contributed by atoms with van der Waals surface area (Å²) in [5, 5.41) is 9.84. The highest BCUT2D eigenvalue weighted by Crippen LogP contribution is 2.31. The topological polar surface area (TPSA) is 86.7 Å². The van der Waals surface area contributed by atoms with Crippen LogP contribution in [0, 0.1) is 0 Å². The molecule has 0 spiro atoms. The first-order valence-electron chi connectivity index (χ1n) is 5.08. The van der Waals surface area contributed by atoms with E-state index in [4.69, 9.17) is 0 Å². The van der Waals surface area contributed by atoms with Crippen LogP contribution in [0.2, 0.25) is 0 Å². The van der Waals surface area contributed by atoms with Crippen LogP contribution in [0.1, 0.15) is 5.56 Å². The lowest BCUT2D eigenvalue weighted by molar-refractivity contribution is -0.117. The molecule has 0 aliphatic carbocycles. The van der Waals surface area contributed by atoms with E-state index in [1.54, 1.807) is 17.8 Å². The van der Waals surface area contributed by atoms with Crippen LogP contribution in [0.4, 0.5) is 5.69 Å². The smallest absolute Gasteiger partial charge is 0.326 e. The Balaban J connectivity index is 2.37. The summed E-state index contributed by atoms with van der Waals surface area (Å²) in [6.07, 6.45) is 1.93. The molecule has 8 heteroatoms. The number of benzene rings is 1. The van der Waals surface area contributed by atoms with Crippen molar-refractivity contribution in [1.29, 1.82) is 0 Å². The largest absolute Gasteiger partial charge is 0.506 e. The molecule has 0 unspecified atom stereocenters. The molecule has 1 aliphatic heterocycles. The molecule has 0 radical (unpaired) electrons. The minimum Gasteiger partial charge on any atom is -0.506 e. The molecule has 1 aromatic carbocycles. The highest BCUT2D eigenvalue weighted by atomic mass is 32.2. The quantitative estimate of drug-likeness (QED) is 0.842. The number of carbonyl (C=O) groups excluding carboxylic acids is 1. The fourth-order valence-corrected chi connectivity index (χ4v) is 3.37. The summed E-state index contributed by atoms with van der Waals surface area (Å²) in [4.78, 5) is 11.1. The van der Waals surface area contributed by atoms with E-state index >= 15 is 0 Å². The van der Waals surface area contributed by atoms with E-state index in [9.17, 15) is 18.3 Å². The molecular weight excluding hydrogens is 276 g/mol. The fraction of sp³-hybridized carbons (Fsp3) is 0.300. The minimum absolute atomic E-state index is 0.109. The zero-order chi connectivity index (χ0) is 13.3. The number of nitrogens with zero attached hydrogens (tertiary/aromatic N) is 1. The maximum absolute atomic E-state index is 11.6. The summed E-state index contributed by atoms with van der Waals surface area (Å²) < 4.78 is 25.9. The van der Waals surface area contributed by atoms with Gasteiger partial charge >= 0.3 is 10.2 Å². The lowest BCUT2D eigenvalue weighted by Crippen LogP contribution is -2.29. The standard InChI is InChI=1S/C10H12N2O4S2/c1-17-6-7-2-3-8(9(13)4-7)12-5-10(14)11-18(12,15)16/h2-4,13H,5-6H2,1H3,(H,11,14). The van der Waals surface area contributed by atoms with Gasteiger partial charge < -0.3 is 5.11 Å². The number of hydrogen-bond donors (Lipinski definition) is 2. The van der Waals surface area contributed by atoms with Gasteiger partial charge in [0.2, 0.25) is 0 Å². The third kappa shape index (κ3) is 2.39. The van der Waals surface area contributed by atoms with Crippen molar-refractivity contribution >= 4 is 33.6 Å². The van der Waals surface area contributed by atoms with Gasteiger partial charge in [-0.05, 0) is 24.0 Å². The summed E-state index contributed by atoms with van der Waals surface area (Å²) in [5.41, 5.74) is 0.998. The zero-order valence-corrected chi connectivity index (χ0v) is 11.2. The van der Waals surface area contributed by atoms with Crippen molar-refractivity contribution in [2.45, 2.75) is 5.75 Å². The molecule has 1 heterocycles. The van der Waals surface area contributed by atoms with E-state index in [0.717, 1.165) is 15.6 Å². The van der Waals surface area contributed by atoms with Gasteiger partial charge in [-0.1, -0.05) is 6.07 Å². The van der Waals surface area contributed by atoms with Gasteiger partial charge in [-0.15, -0.1) is 0 Å². The van der Waals surface area contributed by atoms with Gasteiger partial charge in [0.25, 0.3) is 5.91 Å². The predicted molar refractivity (Wildman–Crippen MR) is 69.7 cm³/mol. The Bertz CT molecular complexity index is 586. The van der Waals surface area contributed by atoms with Crippen molar-refractivity contribution in [2.24, 2.45) is 0 Å². The first kappa shape index (κ1) is 13.0. The molecule has 18 heavy (non-hydrogen) atoms. The van der Waals surface area contributed by atoms with E-state index < -0.39 is 16.1 Å². The normalized spacial score (nSPS) is 17.8. The Morgan fingerprint density at radius 1 is 1.50 bits per heavy atom. The molecule has 1 fully saturated rings. The molecule has 98 valence electrons. The van der Waals surface area contributed by atoms with Gasteiger partial charge in [0, 0.05) is 5.75 Å². The molecule has 1 aliphatic rings. The number of phenols is 1. The SMILES string of the molecule is CSCc1ccc(N2CC(=O)NS2(=O)=O)c(O)c1. The van der Waals surface area contributed by atoms with Crippen LogP contribution in [0.3, 0.4) is 0 Å². The molecule has 1 saturated heterocycles. The third-order valence-electron chi connectivity index (χ3n) is 2.44. The summed E-state index contributed by atoms with van der Waals surface area (Å²) in [6.45, 7) is -0.308. The second-order valence-corrected chi connectivity index (χ2v) is 6.25. The Morgan fingerprint density at radius 3 is 2.72 bits per heavy atom. The van der Waals surface area contributed by atoms with Crippen LogP contribution in [0.5, 0.6) is 5.75 Å². The molecule has 0 bridgehead atoms. The molecule has 2 rings (SSSR count). The fourth-order valence-electron chi connectivity index (χ4n) is 1.70. The third-order valence-corrected chi connectivity index (χ3v) is 4.45. The van der Waals surface area contributed by atoms with Crippen molar-refractivity contribution in [1.82, 2.24) is 4.72 Å². The molecule has 1 aromatic rings. The van der Waals surface area contributed by atoms with Crippen LogP contribution < -0.4 is 9.03 Å². The number of aromatic hydroxyl groups is 1. The van der Waals surface area contributed by atoms with Gasteiger partial charge in [0.1, 0.15) is 12.3 Å². The van der Waals surface area contributed by atoms with Gasteiger partial charge in [0.05, 0.1) is 5.69 Å². The first-order chi connectivity index (χ1) is 8.44. The van der Waals surface area contributed by atoms with Crippen molar-refractivity contribution < 1.29 is 18.3 Å². The molecule has 2 N–H and O–H groups in total. The summed E-state index contributed by atoms with van der Waals surface area (Å²) in [5.74, 6) is -0.0400. The second-order valence-electron chi connectivity index (χ2n) is 3.79. The van der Waals surface area contributed by atoms with Crippen LogP contribution >= 0.6 is 11.8 Å². The number of phenolic OH excluding ortho intramolecular Hbond substituents is 1. The summed E-state index contributed by atoms with van der Waals surface area (Å²) in [6, 6.07) is 4.73. The lowest BCUT2D eigenvalue weighted by atomic mass is 10.2. The summed E-state index contributed by atoms with van der Waals surface area (Å²) >= 11 is 1.59. The zero-order valence-electron chi connectivity index (χ0n) is 9.58. The van der Waals surface area contributed by atoms with E-state index in [1.807, 2.05) is 11.0 Å². The minimum atomic E-state index is -3.87. The highest BCUT2D eigenvalue weighted by molar-refractivity contribution is 7.97. The summed E-state index contributed by atoms with van der Waals surface area (Å²) in [7, 11) is -3.87. The Labute approximate surface area is 109 Å². The average molecular weight is 288 g/mol. The molecule has 0 aromatic heterocycles. The molecular formula is C10H12N2O4S2. The highest BCUT2D eigenvalue weighted by Gasteiger charge is 2.35. The van der Waals surface area contributed by atoms with Gasteiger partial charge in [-0.25, -0.2) is 9.03 Å². The second kappa shape index (κ2) is 4.69. The number of nitrogens with one attached hydrogen (secondary N) is 1. The lowest BCUT2D eigenvalue weighted by Gasteiger charge is -2.16. The van der Waals surface area contributed by atoms with E-state index in [2.05, 4.69) is 0 Å². The molecule has 0 saturated carbocycles. The van der Waals surface area contributed by atoms with Crippen LogP contribution in [0.25, 0.3) is 0 Å². The van der Waals surface area contributed by atoms with E-state index in [1.165, 1.54) is 12.1 Å². The Kier molecular flexibility index (Phi) is 3.40. The van der Waals surface area contributed by atoms with Gasteiger partial charge in [-0.3, -0.25) is 4.79 Å². The number of anilines is 1. The van der Waals surface area contributed by atoms with Crippen LogP contribution in [-0.4, -0.2) is 32.2 Å². The number of carbonyl (C=O) groups is 1. The monoisotopic (exact) mass is 288 g/mol.